The van der Waals surface area contributed by atoms with Crippen molar-refractivity contribution in [1.82, 2.24) is 9.88 Å². The number of aromatic nitrogens is 1. The Morgan fingerprint density at radius 3 is 2.75 bits per heavy atom. The first-order valence-electron chi connectivity index (χ1n) is 5.44. The molecule has 0 aromatic carbocycles. The van der Waals surface area contributed by atoms with E-state index in [1.54, 1.807) is 20.0 Å². The second-order valence-corrected chi connectivity index (χ2v) is 4.77. The van der Waals surface area contributed by atoms with Crippen LogP contribution in [0.4, 0.5) is 5.69 Å². The second-order valence-electron chi connectivity index (χ2n) is 4.77. The molecule has 0 unspecified atom stereocenters. The lowest BCUT2D eigenvalue weighted by Crippen LogP contribution is -2.35. The highest BCUT2D eigenvalue weighted by Crippen LogP contribution is 2.10. The number of pyridine rings is 1. The maximum Gasteiger partial charge on any atom is 0.0718 e. The van der Waals surface area contributed by atoms with Crippen LogP contribution in [0.1, 0.15) is 19.5 Å². The lowest BCUT2D eigenvalue weighted by molar-refractivity contribution is 0.0422. The van der Waals surface area contributed by atoms with Crippen molar-refractivity contribution in [2.45, 2.75) is 26.0 Å². The average molecular weight is 223 g/mol. The number of nitrogens with one attached hydrogen (secondary N) is 1. The molecule has 16 heavy (non-hydrogen) atoms. The lowest BCUT2D eigenvalue weighted by Gasteiger charge is -2.25. The van der Waals surface area contributed by atoms with Gasteiger partial charge in [0.15, 0.2) is 0 Å². The van der Waals surface area contributed by atoms with Crippen LogP contribution >= 0.6 is 0 Å². The number of nitrogens with zero attached hydrogens (tertiary/aromatic N) is 2. The topological polar surface area (TPSA) is 48.4 Å². The second kappa shape index (κ2) is 5.27. The molecule has 1 aromatic heterocycles. The van der Waals surface area contributed by atoms with E-state index in [-0.39, 0.29) is 0 Å². The van der Waals surface area contributed by atoms with Crippen molar-refractivity contribution in [3.05, 3.63) is 24.0 Å². The molecule has 0 aliphatic heterocycles. The monoisotopic (exact) mass is 223 g/mol. The van der Waals surface area contributed by atoms with E-state index >= 15 is 0 Å². The molecule has 90 valence electrons. The van der Waals surface area contributed by atoms with Crippen molar-refractivity contribution in [2.24, 2.45) is 0 Å². The van der Waals surface area contributed by atoms with Crippen LogP contribution in [0.15, 0.2) is 18.3 Å². The van der Waals surface area contributed by atoms with E-state index in [4.69, 9.17) is 0 Å². The van der Waals surface area contributed by atoms with Crippen LogP contribution in [-0.2, 0) is 6.54 Å². The Hall–Kier alpha value is -1.13. The van der Waals surface area contributed by atoms with Gasteiger partial charge in [-0.05, 0) is 33.0 Å². The molecule has 0 amide bonds. The molecule has 0 fully saturated rings. The molecule has 0 atom stereocenters. The Morgan fingerprint density at radius 1 is 1.50 bits per heavy atom. The third kappa shape index (κ3) is 4.59. The molecule has 0 spiro atoms. The van der Waals surface area contributed by atoms with E-state index < -0.39 is 5.60 Å². The molecule has 4 heteroatoms. The van der Waals surface area contributed by atoms with Crippen LogP contribution in [0, 0.1) is 0 Å². The molecule has 1 aromatic rings. The Morgan fingerprint density at radius 2 is 2.19 bits per heavy atom. The summed E-state index contributed by atoms with van der Waals surface area (Å²) in [6, 6.07) is 3.94. The van der Waals surface area contributed by atoms with Crippen molar-refractivity contribution in [3.63, 3.8) is 0 Å². The highest BCUT2D eigenvalue weighted by molar-refractivity contribution is 5.42. The third-order valence-electron chi connectivity index (χ3n) is 2.19. The van der Waals surface area contributed by atoms with E-state index in [9.17, 15) is 5.11 Å². The van der Waals surface area contributed by atoms with Crippen LogP contribution in [0.3, 0.4) is 0 Å². The highest BCUT2D eigenvalue weighted by Gasteiger charge is 2.15. The predicted octanol–water partition coefficient (Wildman–Crippen LogP) is 1.33. The van der Waals surface area contributed by atoms with Crippen molar-refractivity contribution >= 4 is 5.69 Å². The standard InChI is InChI=1S/C12H21N3O/c1-12(2,16)9-15(4)8-11-7-10(13-3)5-6-14-11/h5-7,16H,8-9H2,1-4H3,(H,13,14). The Bertz CT molecular complexity index is 333. The first kappa shape index (κ1) is 12.9. The first-order chi connectivity index (χ1) is 7.40. The maximum absolute atomic E-state index is 9.69. The fraction of sp³-hybridized carbons (Fsp3) is 0.583. The van der Waals surface area contributed by atoms with Crippen LogP contribution in [-0.4, -0.2) is 41.2 Å². The molecule has 0 radical (unpaired) electrons. The zero-order valence-electron chi connectivity index (χ0n) is 10.5. The molecule has 0 bridgehead atoms. The molecular formula is C12H21N3O. The van der Waals surface area contributed by atoms with E-state index in [2.05, 4.69) is 15.2 Å². The third-order valence-corrected chi connectivity index (χ3v) is 2.19. The van der Waals surface area contributed by atoms with Gasteiger partial charge >= 0.3 is 0 Å². The van der Waals surface area contributed by atoms with Crippen LogP contribution in [0.5, 0.6) is 0 Å². The summed E-state index contributed by atoms with van der Waals surface area (Å²) in [6.07, 6.45) is 1.79. The molecule has 0 aliphatic carbocycles. The van der Waals surface area contributed by atoms with Gasteiger partial charge in [-0.2, -0.15) is 0 Å². The number of aliphatic hydroxyl groups is 1. The first-order valence-corrected chi connectivity index (χ1v) is 5.44. The van der Waals surface area contributed by atoms with Gasteiger partial charge in [0.25, 0.3) is 0 Å². The molecule has 0 saturated heterocycles. The van der Waals surface area contributed by atoms with E-state index in [1.165, 1.54) is 0 Å². The van der Waals surface area contributed by atoms with Gasteiger partial charge in [0, 0.05) is 32.0 Å². The van der Waals surface area contributed by atoms with E-state index in [0.717, 1.165) is 17.9 Å². The summed E-state index contributed by atoms with van der Waals surface area (Å²) in [7, 11) is 3.87. The summed E-state index contributed by atoms with van der Waals surface area (Å²) < 4.78 is 0. The fourth-order valence-corrected chi connectivity index (χ4v) is 1.71. The van der Waals surface area contributed by atoms with Crippen molar-refractivity contribution in [3.8, 4) is 0 Å². The maximum atomic E-state index is 9.69. The van der Waals surface area contributed by atoms with Crippen molar-refractivity contribution in [2.75, 3.05) is 26.0 Å². The van der Waals surface area contributed by atoms with Crippen molar-refractivity contribution in [1.29, 1.82) is 0 Å². The fourth-order valence-electron chi connectivity index (χ4n) is 1.71. The Balaban J connectivity index is 2.59. The summed E-state index contributed by atoms with van der Waals surface area (Å²) in [5.41, 5.74) is 1.38. The zero-order chi connectivity index (χ0) is 12.2. The van der Waals surface area contributed by atoms with E-state index in [1.807, 2.05) is 26.2 Å². The van der Waals surface area contributed by atoms with Gasteiger partial charge in [-0.1, -0.05) is 0 Å². The van der Waals surface area contributed by atoms with Gasteiger partial charge in [-0.3, -0.25) is 9.88 Å². The molecular weight excluding hydrogens is 202 g/mol. The number of likely N-dealkylation sites (N-methyl/N-ethyl adjacent to an activating group) is 1. The Labute approximate surface area is 97.3 Å². The SMILES string of the molecule is CNc1ccnc(CN(C)CC(C)(C)O)c1. The average Bonchev–Trinajstić information content (AvgIpc) is 2.15. The number of anilines is 1. The molecule has 4 nitrogen and oxygen atoms in total. The molecule has 1 heterocycles. The minimum atomic E-state index is -0.671. The van der Waals surface area contributed by atoms with Crippen LogP contribution in [0.25, 0.3) is 0 Å². The van der Waals surface area contributed by atoms with Gasteiger partial charge in [-0.25, -0.2) is 0 Å². The molecule has 2 N–H and O–H groups in total. The van der Waals surface area contributed by atoms with Crippen LogP contribution < -0.4 is 5.32 Å². The van der Waals surface area contributed by atoms with Crippen molar-refractivity contribution < 1.29 is 5.11 Å². The van der Waals surface area contributed by atoms with Gasteiger partial charge in [0.05, 0.1) is 11.3 Å². The minimum absolute atomic E-state index is 0.623. The van der Waals surface area contributed by atoms with Gasteiger partial charge in [0.1, 0.15) is 0 Å². The lowest BCUT2D eigenvalue weighted by atomic mass is 10.1. The minimum Gasteiger partial charge on any atom is -0.389 e. The quantitative estimate of drug-likeness (QED) is 0.790. The summed E-state index contributed by atoms with van der Waals surface area (Å²) in [4.78, 5) is 6.35. The highest BCUT2D eigenvalue weighted by atomic mass is 16.3. The predicted molar refractivity (Wildman–Crippen MR) is 66.4 cm³/mol. The van der Waals surface area contributed by atoms with Gasteiger partial charge in [-0.15, -0.1) is 0 Å². The summed E-state index contributed by atoms with van der Waals surface area (Å²) in [5.74, 6) is 0. The van der Waals surface area contributed by atoms with E-state index in [0.29, 0.717) is 6.54 Å². The number of hydrogen-bond acceptors (Lipinski definition) is 4. The summed E-state index contributed by atoms with van der Waals surface area (Å²) in [5, 5.41) is 12.8. The molecule has 0 aliphatic rings. The molecule has 0 saturated carbocycles. The van der Waals surface area contributed by atoms with Gasteiger partial charge < -0.3 is 10.4 Å². The normalized spacial score (nSPS) is 11.9. The smallest absolute Gasteiger partial charge is 0.0718 e. The summed E-state index contributed by atoms with van der Waals surface area (Å²) >= 11 is 0. The molecule has 1 rings (SSSR count). The van der Waals surface area contributed by atoms with Gasteiger partial charge in [0.2, 0.25) is 0 Å². The largest absolute Gasteiger partial charge is 0.389 e. The zero-order valence-corrected chi connectivity index (χ0v) is 10.5. The van der Waals surface area contributed by atoms with Crippen LogP contribution in [0.2, 0.25) is 0 Å². The Kier molecular flexibility index (Phi) is 4.26. The number of hydrogen-bond donors (Lipinski definition) is 2. The number of rotatable bonds is 5. The summed E-state index contributed by atoms with van der Waals surface area (Å²) in [6.45, 7) is 4.97.